The third-order valence-electron chi connectivity index (χ3n) is 7.09. The molecule has 1 aliphatic heterocycles. The normalized spacial score (nSPS) is 35.0. The van der Waals surface area contributed by atoms with E-state index in [1.54, 1.807) is 0 Å². The number of halogens is 2. The second-order valence-corrected chi connectivity index (χ2v) is 12.2. The molecule has 0 radical (unpaired) electrons. The van der Waals surface area contributed by atoms with Crippen LogP contribution >= 0.6 is 11.6 Å². The summed E-state index contributed by atoms with van der Waals surface area (Å²) in [6.45, 7) is 3.86. The van der Waals surface area contributed by atoms with Crippen molar-refractivity contribution >= 4 is 33.6 Å². The van der Waals surface area contributed by atoms with Crippen molar-refractivity contribution in [1.29, 1.82) is 0 Å². The minimum absolute atomic E-state index is 0.0309. The van der Waals surface area contributed by atoms with Crippen LogP contribution in [-0.4, -0.2) is 81.4 Å². The molecule has 3 fully saturated rings. The molecule has 3 amide bonds. The number of urea groups is 1. The van der Waals surface area contributed by atoms with E-state index >= 15 is 0 Å². The maximum atomic E-state index is 14.8. The molecule has 3 aliphatic rings. The number of nitrogens with zero attached hydrogens (tertiary/aromatic N) is 1. The van der Waals surface area contributed by atoms with Crippen LogP contribution in [0.25, 0.3) is 0 Å². The van der Waals surface area contributed by atoms with Crippen LogP contribution in [0.4, 0.5) is 9.18 Å². The van der Waals surface area contributed by atoms with E-state index < -0.39 is 33.4 Å². The van der Waals surface area contributed by atoms with Crippen LogP contribution in [-0.2, 0) is 14.8 Å². The molecular weight excluding hydrogens is 487 g/mol. The van der Waals surface area contributed by atoms with Gasteiger partial charge in [0.05, 0.1) is 17.0 Å². The largest absolute Gasteiger partial charge is 0.338 e. The molecule has 34 heavy (non-hydrogen) atoms. The van der Waals surface area contributed by atoms with E-state index in [2.05, 4.69) is 31.1 Å². The highest BCUT2D eigenvalue weighted by molar-refractivity contribution is 7.89. The average molecular weight is 525 g/mol. The maximum absolute atomic E-state index is 14.8. The summed E-state index contributed by atoms with van der Waals surface area (Å²) in [7, 11) is -1.85. The van der Waals surface area contributed by atoms with Crippen molar-refractivity contribution in [2.45, 2.75) is 69.1 Å². The van der Waals surface area contributed by atoms with Gasteiger partial charge in [0.25, 0.3) is 0 Å². The van der Waals surface area contributed by atoms with Crippen molar-refractivity contribution < 1.29 is 22.4 Å². The lowest BCUT2D eigenvalue weighted by Crippen LogP contribution is -2.52. The Kier molecular flexibility index (Phi) is 9.79. The number of alkyl halides is 2. The molecule has 0 aromatic carbocycles. The summed E-state index contributed by atoms with van der Waals surface area (Å²) in [4.78, 5) is 28.7. The molecule has 0 aromatic rings. The van der Waals surface area contributed by atoms with Gasteiger partial charge in [-0.05, 0) is 57.9 Å². The lowest BCUT2D eigenvalue weighted by molar-refractivity contribution is -0.129. The second-order valence-electron chi connectivity index (χ2n) is 9.91. The number of amides is 3. The third kappa shape index (κ3) is 7.64. The van der Waals surface area contributed by atoms with Crippen molar-refractivity contribution in [3.63, 3.8) is 0 Å². The molecule has 10 nitrogen and oxygen atoms in total. The summed E-state index contributed by atoms with van der Waals surface area (Å²) in [5.74, 6) is -2.01. The number of hydrazine groups is 1. The van der Waals surface area contributed by atoms with Crippen molar-refractivity contribution in [3.8, 4) is 0 Å². The lowest BCUT2D eigenvalue weighted by Gasteiger charge is -2.37. The van der Waals surface area contributed by atoms with Crippen LogP contribution in [0.15, 0.2) is 0 Å². The molecule has 196 valence electrons. The Morgan fingerprint density at radius 1 is 1.21 bits per heavy atom. The Labute approximate surface area is 206 Å². The quantitative estimate of drug-likeness (QED) is 0.234. The number of carbonyl (C=O) groups is 2. The van der Waals surface area contributed by atoms with Crippen LogP contribution in [0.1, 0.15) is 45.4 Å². The zero-order valence-corrected chi connectivity index (χ0v) is 21.4. The molecule has 0 aromatic heterocycles. The third-order valence-corrected chi connectivity index (χ3v) is 8.83. The number of nitrogens with one attached hydrogen (secondary N) is 5. The average Bonchev–Trinajstić information content (AvgIpc) is 3.20. The molecule has 1 saturated heterocycles. The van der Waals surface area contributed by atoms with Gasteiger partial charge >= 0.3 is 6.03 Å². The van der Waals surface area contributed by atoms with E-state index in [9.17, 15) is 22.4 Å². The fourth-order valence-electron chi connectivity index (χ4n) is 5.40. The smallest absolute Gasteiger partial charge is 0.314 e. The Balaban J connectivity index is 1.50. The van der Waals surface area contributed by atoms with Gasteiger partial charge in [0.2, 0.25) is 15.9 Å². The second kappa shape index (κ2) is 12.2. The number of rotatable bonds is 8. The predicted molar refractivity (Wildman–Crippen MR) is 128 cm³/mol. The van der Waals surface area contributed by atoms with E-state index in [0.717, 1.165) is 32.5 Å². The highest BCUT2D eigenvalue weighted by Crippen LogP contribution is 2.37. The molecule has 5 unspecified atom stereocenters. The first-order valence-corrected chi connectivity index (χ1v) is 14.2. The van der Waals surface area contributed by atoms with E-state index in [1.807, 2.05) is 14.0 Å². The SMILES string of the molecule is CCNC(=O)N[C@H]1CCC[C@@H](CS(=O)(=O)NNC(=O)C2CC(C3CN(C)CN3)CC(Cl)C2F)C1. The topological polar surface area (TPSA) is 132 Å². The van der Waals surface area contributed by atoms with E-state index in [1.165, 1.54) is 0 Å². The summed E-state index contributed by atoms with van der Waals surface area (Å²) in [5, 5.41) is 8.12. The van der Waals surface area contributed by atoms with Crippen LogP contribution in [0.3, 0.4) is 0 Å². The summed E-state index contributed by atoms with van der Waals surface area (Å²) >= 11 is 6.23. The van der Waals surface area contributed by atoms with Gasteiger partial charge in [0.15, 0.2) is 0 Å². The molecule has 7 atom stereocenters. The number of likely N-dealkylation sites (N-methyl/N-ethyl adjacent to an activating group) is 1. The Morgan fingerprint density at radius 3 is 2.65 bits per heavy atom. The van der Waals surface area contributed by atoms with Gasteiger partial charge in [-0.2, -0.15) is 0 Å². The number of hydrogen-bond donors (Lipinski definition) is 5. The lowest BCUT2D eigenvalue weighted by atomic mass is 9.76. The number of carbonyl (C=O) groups excluding carboxylic acids is 2. The minimum atomic E-state index is -3.83. The Bertz CT molecular complexity index is 821. The summed E-state index contributed by atoms with van der Waals surface area (Å²) in [6.07, 6.45) is 2.09. The van der Waals surface area contributed by atoms with E-state index in [0.29, 0.717) is 25.8 Å². The van der Waals surface area contributed by atoms with Crippen molar-refractivity contribution in [2.75, 3.05) is 32.6 Å². The first-order chi connectivity index (χ1) is 16.1. The molecular formula is C21H38ClFN6O4S. The van der Waals surface area contributed by atoms with Gasteiger partial charge in [-0.3, -0.25) is 20.4 Å². The minimum Gasteiger partial charge on any atom is -0.338 e. The van der Waals surface area contributed by atoms with Gasteiger partial charge in [-0.1, -0.05) is 6.42 Å². The zero-order valence-electron chi connectivity index (χ0n) is 19.9. The van der Waals surface area contributed by atoms with Crippen LogP contribution < -0.4 is 26.2 Å². The van der Waals surface area contributed by atoms with Crippen LogP contribution in [0.2, 0.25) is 0 Å². The highest BCUT2D eigenvalue weighted by atomic mass is 35.5. The monoisotopic (exact) mass is 524 g/mol. The Morgan fingerprint density at radius 2 is 1.97 bits per heavy atom. The summed E-state index contributed by atoms with van der Waals surface area (Å²) < 4.78 is 40.0. The van der Waals surface area contributed by atoms with Crippen molar-refractivity contribution in [3.05, 3.63) is 0 Å². The fourth-order valence-corrected chi connectivity index (χ4v) is 7.07. The molecule has 0 spiro atoms. The molecule has 0 bridgehead atoms. The molecule has 13 heteroatoms. The molecule has 3 rings (SSSR count). The molecule has 5 N–H and O–H groups in total. The van der Waals surface area contributed by atoms with Crippen molar-refractivity contribution in [2.24, 2.45) is 17.8 Å². The first kappa shape index (κ1) is 27.4. The van der Waals surface area contributed by atoms with Gasteiger partial charge in [-0.25, -0.2) is 17.6 Å². The predicted octanol–water partition coefficient (Wildman–Crippen LogP) is 0.648. The van der Waals surface area contributed by atoms with Gasteiger partial charge in [0, 0.05) is 31.8 Å². The van der Waals surface area contributed by atoms with Gasteiger partial charge in [0.1, 0.15) is 6.17 Å². The molecule has 1 heterocycles. The van der Waals surface area contributed by atoms with Crippen LogP contribution in [0.5, 0.6) is 0 Å². The number of sulfonamides is 1. The standard InChI is InChI=1S/C21H38ClFN6O4S/c1-3-24-21(31)26-15-6-4-5-13(7-15)11-34(32,33)28-27-20(30)16-8-14(9-17(22)19(16)23)18-10-29(2)12-25-18/h13-19,25,28H,3-12H2,1-2H3,(H,27,30)(H2,24,26,31)/t13-,14?,15+,16?,17?,18?,19?/m1/s1. The molecule has 2 aliphatic carbocycles. The molecule has 2 saturated carbocycles. The fraction of sp³-hybridized carbons (Fsp3) is 0.905. The zero-order chi connectivity index (χ0) is 24.9. The van der Waals surface area contributed by atoms with E-state index in [-0.39, 0.29) is 35.7 Å². The maximum Gasteiger partial charge on any atom is 0.314 e. The van der Waals surface area contributed by atoms with Gasteiger partial charge in [-0.15, -0.1) is 16.4 Å². The highest BCUT2D eigenvalue weighted by Gasteiger charge is 2.44. The van der Waals surface area contributed by atoms with Crippen molar-refractivity contribution in [1.82, 2.24) is 31.1 Å². The Hall–Kier alpha value is -1.21. The summed E-state index contributed by atoms with van der Waals surface area (Å²) in [6, 6.07) is -0.228. The summed E-state index contributed by atoms with van der Waals surface area (Å²) in [5.41, 5.74) is 2.23. The van der Waals surface area contributed by atoms with E-state index in [4.69, 9.17) is 11.6 Å². The van der Waals surface area contributed by atoms with Crippen LogP contribution in [0, 0.1) is 17.8 Å². The first-order valence-electron chi connectivity index (χ1n) is 12.1. The van der Waals surface area contributed by atoms with Gasteiger partial charge < -0.3 is 10.6 Å². The number of hydrogen-bond acceptors (Lipinski definition) is 6.